The molecule has 0 aromatic rings. The van der Waals surface area contributed by atoms with Gasteiger partial charge >= 0.3 is 0 Å². The van der Waals surface area contributed by atoms with Crippen LogP contribution in [0.1, 0.15) is 51.9 Å². The van der Waals surface area contributed by atoms with E-state index in [2.05, 4.69) is 12.2 Å². The Morgan fingerprint density at radius 3 is 2.63 bits per heavy atom. The quantitative estimate of drug-likeness (QED) is 0.448. The van der Waals surface area contributed by atoms with Gasteiger partial charge in [0.2, 0.25) is 0 Å². The zero-order chi connectivity index (χ0) is 12.6. The molecule has 3 saturated carbocycles. The number of hydrogen-bond acceptors (Lipinski definition) is 2. The maximum atomic E-state index is 5.99. The second-order valence-electron chi connectivity index (χ2n) is 6.07. The standard InChI is InChI=1S/C14H25N3O.HI/c1-2-18-12-9-11(14(12)7-3-4-8-14)17-13(15)16-10-5-6-10;/h10-12H,2-9H2,1H3,(H3,15,16,17);1H. The molecule has 0 saturated heterocycles. The minimum Gasteiger partial charge on any atom is -0.378 e. The van der Waals surface area contributed by atoms with Crippen LogP contribution in [0.2, 0.25) is 0 Å². The highest BCUT2D eigenvalue weighted by molar-refractivity contribution is 14.0. The summed E-state index contributed by atoms with van der Waals surface area (Å²) in [6.45, 7) is 2.90. The van der Waals surface area contributed by atoms with E-state index in [9.17, 15) is 0 Å². The highest BCUT2D eigenvalue weighted by atomic mass is 127. The van der Waals surface area contributed by atoms with Crippen LogP contribution < -0.4 is 11.1 Å². The summed E-state index contributed by atoms with van der Waals surface area (Å²) in [5.41, 5.74) is 6.30. The Balaban J connectivity index is 0.00000133. The van der Waals surface area contributed by atoms with Gasteiger partial charge in [0.25, 0.3) is 0 Å². The second kappa shape index (κ2) is 6.16. The van der Waals surface area contributed by atoms with Crippen molar-refractivity contribution in [3.05, 3.63) is 0 Å². The van der Waals surface area contributed by atoms with E-state index in [1.54, 1.807) is 0 Å². The molecule has 0 aliphatic heterocycles. The molecule has 5 heteroatoms. The molecule has 3 aliphatic carbocycles. The van der Waals surface area contributed by atoms with E-state index in [1.165, 1.54) is 38.5 Å². The van der Waals surface area contributed by atoms with E-state index in [0.717, 1.165) is 13.0 Å². The molecule has 3 fully saturated rings. The molecule has 0 bridgehead atoms. The van der Waals surface area contributed by atoms with Crippen molar-refractivity contribution in [1.29, 1.82) is 0 Å². The maximum absolute atomic E-state index is 5.99. The van der Waals surface area contributed by atoms with Crippen molar-refractivity contribution in [1.82, 2.24) is 5.32 Å². The molecular formula is C14H26IN3O. The Labute approximate surface area is 133 Å². The Kier molecular flexibility index (Phi) is 4.98. The first kappa shape index (κ1) is 15.4. The van der Waals surface area contributed by atoms with E-state index in [4.69, 9.17) is 15.5 Å². The molecule has 0 aromatic heterocycles. The van der Waals surface area contributed by atoms with Crippen LogP contribution in [0.4, 0.5) is 0 Å². The minimum absolute atomic E-state index is 0. The van der Waals surface area contributed by atoms with E-state index in [1.807, 2.05) is 0 Å². The fraction of sp³-hybridized carbons (Fsp3) is 0.929. The zero-order valence-corrected chi connectivity index (χ0v) is 14.1. The molecule has 1 spiro atoms. The SMILES string of the molecule is CCOC1CC(N=C(N)NC2CC2)C12CCCC2.I. The van der Waals surface area contributed by atoms with Crippen molar-refractivity contribution < 1.29 is 4.74 Å². The van der Waals surface area contributed by atoms with Crippen LogP contribution in [0.5, 0.6) is 0 Å². The lowest BCUT2D eigenvalue weighted by Crippen LogP contribution is -2.57. The van der Waals surface area contributed by atoms with Crippen molar-refractivity contribution >= 4 is 29.9 Å². The van der Waals surface area contributed by atoms with Crippen molar-refractivity contribution in [2.45, 2.75) is 70.1 Å². The molecule has 19 heavy (non-hydrogen) atoms. The lowest BCUT2D eigenvalue weighted by Gasteiger charge is -2.52. The van der Waals surface area contributed by atoms with Crippen LogP contribution in [0.3, 0.4) is 0 Å². The third-order valence-electron chi connectivity index (χ3n) is 4.87. The summed E-state index contributed by atoms with van der Waals surface area (Å²) < 4.78 is 5.89. The molecule has 3 aliphatic rings. The fourth-order valence-corrected chi connectivity index (χ4v) is 3.67. The number of halogens is 1. The minimum atomic E-state index is 0. The summed E-state index contributed by atoms with van der Waals surface area (Å²) in [5.74, 6) is 0.656. The Morgan fingerprint density at radius 1 is 1.37 bits per heavy atom. The highest BCUT2D eigenvalue weighted by Crippen LogP contribution is 2.56. The smallest absolute Gasteiger partial charge is 0.189 e. The molecule has 2 unspecified atom stereocenters. The summed E-state index contributed by atoms with van der Waals surface area (Å²) >= 11 is 0. The highest BCUT2D eigenvalue weighted by Gasteiger charge is 2.57. The van der Waals surface area contributed by atoms with Crippen LogP contribution in [0, 0.1) is 5.41 Å². The molecule has 110 valence electrons. The molecular weight excluding hydrogens is 353 g/mol. The molecule has 0 heterocycles. The molecule has 4 nitrogen and oxygen atoms in total. The number of aliphatic imine (C=N–C) groups is 1. The molecule has 0 aromatic carbocycles. The molecule has 2 atom stereocenters. The monoisotopic (exact) mass is 379 g/mol. The number of nitrogens with one attached hydrogen (secondary N) is 1. The predicted octanol–water partition coefficient (Wildman–Crippen LogP) is 2.41. The van der Waals surface area contributed by atoms with E-state index in [-0.39, 0.29) is 24.0 Å². The van der Waals surface area contributed by atoms with Gasteiger partial charge in [0.05, 0.1) is 12.1 Å². The van der Waals surface area contributed by atoms with Crippen molar-refractivity contribution in [3.63, 3.8) is 0 Å². The number of nitrogens with two attached hydrogens (primary N) is 1. The Bertz CT molecular complexity index is 338. The predicted molar refractivity (Wildman–Crippen MR) is 87.9 cm³/mol. The number of ether oxygens (including phenoxy) is 1. The third kappa shape index (κ3) is 3.01. The van der Waals surface area contributed by atoms with Crippen molar-refractivity contribution in [3.8, 4) is 0 Å². The van der Waals surface area contributed by atoms with Crippen LogP contribution in [0.25, 0.3) is 0 Å². The average Bonchev–Trinajstić information content (AvgIpc) is 2.98. The molecule has 0 radical (unpaired) electrons. The van der Waals surface area contributed by atoms with Crippen molar-refractivity contribution in [2.75, 3.05) is 6.61 Å². The summed E-state index contributed by atoms with van der Waals surface area (Å²) in [6, 6.07) is 0.985. The van der Waals surface area contributed by atoms with Gasteiger partial charge in [-0.25, -0.2) is 4.99 Å². The van der Waals surface area contributed by atoms with Gasteiger partial charge < -0.3 is 15.8 Å². The topological polar surface area (TPSA) is 59.6 Å². The van der Waals surface area contributed by atoms with E-state index in [0.29, 0.717) is 29.6 Å². The zero-order valence-electron chi connectivity index (χ0n) is 11.7. The average molecular weight is 379 g/mol. The molecule has 3 rings (SSSR count). The third-order valence-corrected chi connectivity index (χ3v) is 4.87. The largest absolute Gasteiger partial charge is 0.378 e. The van der Waals surface area contributed by atoms with Crippen LogP contribution in [-0.4, -0.2) is 30.8 Å². The normalized spacial score (nSPS) is 32.8. The van der Waals surface area contributed by atoms with Crippen LogP contribution in [-0.2, 0) is 4.74 Å². The first-order valence-electron chi connectivity index (χ1n) is 7.46. The van der Waals surface area contributed by atoms with Gasteiger partial charge in [0.15, 0.2) is 5.96 Å². The number of nitrogens with zero attached hydrogens (tertiary/aromatic N) is 1. The van der Waals surface area contributed by atoms with Gasteiger partial charge in [-0.1, -0.05) is 12.8 Å². The van der Waals surface area contributed by atoms with Gasteiger partial charge in [-0.05, 0) is 39.0 Å². The lowest BCUT2D eigenvalue weighted by atomic mass is 9.61. The number of rotatable bonds is 4. The Morgan fingerprint density at radius 2 is 2.05 bits per heavy atom. The molecule has 3 N–H and O–H groups in total. The van der Waals surface area contributed by atoms with Gasteiger partial charge in [0, 0.05) is 18.1 Å². The molecule has 0 amide bonds. The number of guanidine groups is 1. The first-order valence-corrected chi connectivity index (χ1v) is 7.46. The summed E-state index contributed by atoms with van der Waals surface area (Å²) in [7, 11) is 0. The maximum Gasteiger partial charge on any atom is 0.189 e. The summed E-state index contributed by atoms with van der Waals surface area (Å²) in [4.78, 5) is 4.73. The fourth-order valence-electron chi connectivity index (χ4n) is 3.67. The van der Waals surface area contributed by atoms with Gasteiger partial charge in [0.1, 0.15) is 0 Å². The van der Waals surface area contributed by atoms with Gasteiger partial charge in [-0.3, -0.25) is 0 Å². The van der Waals surface area contributed by atoms with Crippen LogP contribution in [0.15, 0.2) is 4.99 Å². The number of hydrogen-bond donors (Lipinski definition) is 2. The second-order valence-corrected chi connectivity index (χ2v) is 6.07. The summed E-state index contributed by atoms with van der Waals surface area (Å²) in [6.07, 6.45) is 9.15. The Hall–Kier alpha value is -0.0400. The van der Waals surface area contributed by atoms with Gasteiger partial charge in [-0.2, -0.15) is 0 Å². The van der Waals surface area contributed by atoms with E-state index >= 15 is 0 Å². The van der Waals surface area contributed by atoms with Gasteiger partial charge in [-0.15, -0.1) is 24.0 Å². The van der Waals surface area contributed by atoms with Crippen LogP contribution >= 0.6 is 24.0 Å². The lowest BCUT2D eigenvalue weighted by molar-refractivity contribution is -0.119. The summed E-state index contributed by atoms with van der Waals surface area (Å²) in [5, 5.41) is 3.29. The first-order chi connectivity index (χ1) is 8.74. The van der Waals surface area contributed by atoms with E-state index < -0.39 is 0 Å². The van der Waals surface area contributed by atoms with Crippen molar-refractivity contribution in [2.24, 2.45) is 16.1 Å².